The minimum Gasteiger partial charge on any atom is -0.372 e. The molecule has 1 heteroatoms. The Bertz CT molecular complexity index is 238. The largest absolute Gasteiger partial charge is 0.372 e. The molecule has 0 N–H and O–H groups in total. The van der Waals surface area contributed by atoms with E-state index < -0.39 is 0 Å². The van der Waals surface area contributed by atoms with E-state index in [9.17, 15) is 0 Å². The molecule has 0 aliphatic rings. The van der Waals surface area contributed by atoms with Gasteiger partial charge >= 0.3 is 0 Å². The molecule has 1 rings (SSSR count). The van der Waals surface area contributed by atoms with Crippen molar-refractivity contribution in [3.8, 4) is 0 Å². The fourth-order valence-corrected chi connectivity index (χ4v) is 1.40. The first kappa shape index (κ1) is 10.1. The summed E-state index contributed by atoms with van der Waals surface area (Å²) in [5.41, 5.74) is 2.59. The topological polar surface area (TPSA) is 3.24 Å². The van der Waals surface area contributed by atoms with Gasteiger partial charge in [0.05, 0.1) is 0 Å². The van der Waals surface area contributed by atoms with Crippen LogP contribution < -0.4 is 4.90 Å². The van der Waals surface area contributed by atoms with Crippen molar-refractivity contribution < 1.29 is 0 Å². The molecule has 0 amide bonds. The molecule has 1 radical (unpaired) electrons. The van der Waals surface area contributed by atoms with Crippen LogP contribution in [0.25, 0.3) is 0 Å². The van der Waals surface area contributed by atoms with Crippen molar-refractivity contribution in [1.29, 1.82) is 0 Å². The molecule has 0 aliphatic heterocycles. The van der Waals surface area contributed by atoms with E-state index in [1.54, 1.807) is 0 Å². The molecule has 1 nitrogen and oxygen atoms in total. The second-order valence-electron chi connectivity index (χ2n) is 3.32. The highest BCUT2D eigenvalue weighted by Crippen LogP contribution is 2.14. The molecule has 0 heterocycles. The quantitative estimate of drug-likeness (QED) is 0.681. The van der Waals surface area contributed by atoms with E-state index in [-0.39, 0.29) is 0 Å². The number of rotatable bonds is 4. The van der Waals surface area contributed by atoms with Crippen molar-refractivity contribution >= 4 is 5.69 Å². The third kappa shape index (κ3) is 2.76. The van der Waals surface area contributed by atoms with Gasteiger partial charge in [-0.25, -0.2) is 0 Å². The van der Waals surface area contributed by atoms with Crippen LogP contribution in [0.5, 0.6) is 0 Å². The lowest BCUT2D eigenvalue weighted by Gasteiger charge is -2.22. The van der Waals surface area contributed by atoms with Gasteiger partial charge in [0.1, 0.15) is 0 Å². The molecule has 0 fully saturated rings. The lowest BCUT2D eigenvalue weighted by Crippen LogP contribution is -2.23. The van der Waals surface area contributed by atoms with Gasteiger partial charge in [0.15, 0.2) is 0 Å². The third-order valence-electron chi connectivity index (χ3n) is 2.16. The van der Waals surface area contributed by atoms with Gasteiger partial charge in [-0.1, -0.05) is 24.6 Å². The molecule has 0 saturated heterocycles. The van der Waals surface area contributed by atoms with Crippen molar-refractivity contribution in [2.45, 2.75) is 20.3 Å². The van der Waals surface area contributed by atoms with E-state index in [0.29, 0.717) is 0 Å². The van der Waals surface area contributed by atoms with Gasteiger partial charge in [-0.05, 0) is 32.4 Å². The molecule has 0 aromatic heterocycles. The Labute approximate surface area is 81.4 Å². The molecule has 1 aromatic rings. The number of aryl methyl sites for hydroxylation is 1. The standard InChI is InChI=1S/C12H18N/c1-4-10-13(5-2)12-8-6-11(3)7-9-12/h6-9H,2,4-5,10H2,1,3H3. The van der Waals surface area contributed by atoms with E-state index in [1.165, 1.54) is 17.7 Å². The van der Waals surface area contributed by atoms with E-state index in [0.717, 1.165) is 13.1 Å². The lowest BCUT2D eigenvalue weighted by molar-refractivity contribution is 0.815. The maximum absolute atomic E-state index is 3.93. The lowest BCUT2D eigenvalue weighted by atomic mass is 10.2. The Hall–Kier alpha value is -0.980. The SMILES string of the molecule is [CH2]CN(CCC)c1ccc(C)cc1. The van der Waals surface area contributed by atoms with Gasteiger partial charge in [0.2, 0.25) is 0 Å². The van der Waals surface area contributed by atoms with Gasteiger partial charge in [-0.3, -0.25) is 0 Å². The average Bonchev–Trinajstić information content (AvgIpc) is 2.16. The number of benzene rings is 1. The maximum atomic E-state index is 3.93. The van der Waals surface area contributed by atoms with Crippen molar-refractivity contribution in [3.63, 3.8) is 0 Å². The first-order chi connectivity index (χ1) is 6.27. The zero-order valence-corrected chi connectivity index (χ0v) is 8.59. The van der Waals surface area contributed by atoms with E-state index in [4.69, 9.17) is 0 Å². The molecule has 71 valence electrons. The van der Waals surface area contributed by atoms with Crippen LogP contribution >= 0.6 is 0 Å². The Morgan fingerprint density at radius 2 is 1.85 bits per heavy atom. The molecular weight excluding hydrogens is 158 g/mol. The molecule has 0 bridgehead atoms. The first-order valence-corrected chi connectivity index (χ1v) is 4.88. The summed E-state index contributed by atoms with van der Waals surface area (Å²) in [6, 6.07) is 8.62. The predicted molar refractivity (Wildman–Crippen MR) is 59.0 cm³/mol. The van der Waals surface area contributed by atoms with Gasteiger partial charge in [-0.2, -0.15) is 0 Å². The van der Waals surface area contributed by atoms with Crippen molar-refractivity contribution in [3.05, 3.63) is 36.8 Å². The van der Waals surface area contributed by atoms with Crippen LogP contribution in [0.15, 0.2) is 24.3 Å². The van der Waals surface area contributed by atoms with Crippen LogP contribution in [0.4, 0.5) is 5.69 Å². The molecule has 1 aromatic carbocycles. The van der Waals surface area contributed by atoms with E-state index in [2.05, 4.69) is 49.9 Å². The van der Waals surface area contributed by atoms with Crippen LogP contribution in [0.2, 0.25) is 0 Å². The summed E-state index contributed by atoms with van der Waals surface area (Å²) >= 11 is 0. The van der Waals surface area contributed by atoms with Crippen molar-refractivity contribution in [2.75, 3.05) is 18.0 Å². The van der Waals surface area contributed by atoms with Crippen LogP contribution in [0.3, 0.4) is 0 Å². The number of anilines is 1. The van der Waals surface area contributed by atoms with E-state index in [1.807, 2.05) is 0 Å². The van der Waals surface area contributed by atoms with Gasteiger partial charge in [0, 0.05) is 18.8 Å². The Balaban J connectivity index is 2.73. The number of nitrogens with zero attached hydrogens (tertiary/aromatic N) is 1. The predicted octanol–water partition coefficient (Wildman–Crippen LogP) is 3.05. The van der Waals surface area contributed by atoms with Gasteiger partial charge in [-0.15, -0.1) is 0 Å². The second-order valence-corrected chi connectivity index (χ2v) is 3.32. The number of hydrogen-bond donors (Lipinski definition) is 0. The molecule has 0 unspecified atom stereocenters. The summed E-state index contributed by atoms with van der Waals surface area (Å²) < 4.78 is 0. The zero-order chi connectivity index (χ0) is 9.68. The molecule has 0 spiro atoms. The normalized spacial score (nSPS) is 10.1. The van der Waals surface area contributed by atoms with E-state index >= 15 is 0 Å². The molecule has 13 heavy (non-hydrogen) atoms. The van der Waals surface area contributed by atoms with Crippen LogP contribution in [0, 0.1) is 13.8 Å². The van der Waals surface area contributed by atoms with Crippen LogP contribution in [-0.2, 0) is 0 Å². The smallest absolute Gasteiger partial charge is 0.0366 e. The number of hydrogen-bond acceptors (Lipinski definition) is 1. The Morgan fingerprint density at radius 3 is 2.31 bits per heavy atom. The third-order valence-corrected chi connectivity index (χ3v) is 2.16. The summed E-state index contributed by atoms with van der Waals surface area (Å²) in [6.45, 7) is 10.2. The van der Waals surface area contributed by atoms with Crippen molar-refractivity contribution in [2.24, 2.45) is 0 Å². The van der Waals surface area contributed by atoms with Crippen LogP contribution in [0.1, 0.15) is 18.9 Å². The van der Waals surface area contributed by atoms with Gasteiger partial charge in [0.25, 0.3) is 0 Å². The minimum atomic E-state index is 0.844. The summed E-state index contributed by atoms with van der Waals surface area (Å²) in [6.07, 6.45) is 1.17. The molecule has 0 saturated carbocycles. The maximum Gasteiger partial charge on any atom is 0.0366 e. The Kier molecular flexibility index (Phi) is 3.81. The highest BCUT2D eigenvalue weighted by molar-refractivity contribution is 5.47. The molecule has 0 aliphatic carbocycles. The summed E-state index contributed by atoms with van der Waals surface area (Å²) in [7, 11) is 0. The van der Waals surface area contributed by atoms with Crippen molar-refractivity contribution in [1.82, 2.24) is 0 Å². The zero-order valence-electron chi connectivity index (χ0n) is 8.59. The summed E-state index contributed by atoms with van der Waals surface area (Å²) in [5.74, 6) is 0. The van der Waals surface area contributed by atoms with Crippen LogP contribution in [-0.4, -0.2) is 13.1 Å². The Morgan fingerprint density at radius 1 is 1.23 bits per heavy atom. The summed E-state index contributed by atoms with van der Waals surface area (Å²) in [5, 5.41) is 0. The molecular formula is C12H18N. The minimum absolute atomic E-state index is 0.844. The van der Waals surface area contributed by atoms with Gasteiger partial charge < -0.3 is 4.90 Å². The fourth-order valence-electron chi connectivity index (χ4n) is 1.40. The second kappa shape index (κ2) is 4.90. The monoisotopic (exact) mass is 176 g/mol. The fraction of sp³-hybridized carbons (Fsp3) is 0.417. The highest BCUT2D eigenvalue weighted by atomic mass is 15.1. The first-order valence-electron chi connectivity index (χ1n) is 4.88. The molecule has 0 atom stereocenters. The summed E-state index contributed by atoms with van der Waals surface area (Å²) in [4.78, 5) is 2.29. The highest BCUT2D eigenvalue weighted by Gasteiger charge is 2.00. The average molecular weight is 176 g/mol.